The van der Waals surface area contributed by atoms with Crippen molar-refractivity contribution in [3.63, 3.8) is 0 Å². The highest BCUT2D eigenvalue weighted by Crippen LogP contribution is 2.50. The number of nitrogens with zero attached hydrogens (tertiary/aromatic N) is 10. The molecule has 3 aliphatic carbocycles. The van der Waals surface area contributed by atoms with Crippen LogP contribution in [-0.4, -0.2) is 289 Å². The minimum atomic E-state index is -1.57. The molecule has 26 heteroatoms. The van der Waals surface area contributed by atoms with Gasteiger partial charge in [-0.05, 0) is 132 Å². The topological polar surface area (TPSA) is 283 Å². The van der Waals surface area contributed by atoms with Crippen LogP contribution in [0.25, 0.3) is 0 Å². The Bertz CT molecular complexity index is 3070. The van der Waals surface area contributed by atoms with Crippen molar-refractivity contribution in [2.24, 2.45) is 40.9 Å². The molecule has 13 atom stereocenters. The summed E-state index contributed by atoms with van der Waals surface area (Å²) in [7, 11) is 14.0. The van der Waals surface area contributed by atoms with E-state index in [2.05, 4.69) is 34.8 Å². The van der Waals surface area contributed by atoms with Crippen molar-refractivity contribution < 1.29 is 62.3 Å². The SMILES string of the molecule is CCC[C@H]1C(=O)N[C@@H]([C@@H](C)CC)C(=O)N(C)CC(=O)N(C)[C@H]2C/C=C\CCN(C2=O)[C@@H](CC2CCC(C)CC2)C(=O)N(C)CC(=O)N[C@@H](CCC2CCC3CCN(C)C3C2)C(=O)N2C[C@H](OCC)C[C@H]2C(=O)NC2(CC(C)(C)C2)C(=O)N(C)[C@@H](C(CC)CC)C(=O)N(C)[C@H](C(=O)N(C)C)CC(=O)N1C. The molecule has 104 heavy (non-hydrogen) atoms. The molecule has 3 saturated carbocycles. The summed E-state index contributed by atoms with van der Waals surface area (Å²) in [6.07, 6.45) is 14.2. The number of nitrogens with one attached hydrogen (secondary N) is 3. The van der Waals surface area contributed by atoms with Gasteiger partial charge in [-0.1, -0.05) is 125 Å². The van der Waals surface area contributed by atoms with Gasteiger partial charge in [0.05, 0.1) is 25.6 Å². The van der Waals surface area contributed by atoms with Crippen molar-refractivity contribution in [3.8, 4) is 0 Å². The van der Waals surface area contributed by atoms with Crippen LogP contribution in [0.4, 0.5) is 0 Å². The zero-order valence-electron chi connectivity index (χ0n) is 66.5. The van der Waals surface area contributed by atoms with Crippen LogP contribution in [0.3, 0.4) is 0 Å². The minimum Gasteiger partial charge on any atom is -0.377 e. The predicted octanol–water partition coefficient (Wildman–Crippen LogP) is 5.30. The first kappa shape index (κ1) is 84.6. The molecule has 586 valence electrons. The number of fused-ring (bicyclic) bond motifs is 4. The Morgan fingerprint density at radius 3 is 1.90 bits per heavy atom. The van der Waals surface area contributed by atoms with Crippen LogP contribution in [0.2, 0.25) is 0 Å². The van der Waals surface area contributed by atoms with Crippen LogP contribution in [0.5, 0.6) is 0 Å². The molecule has 4 heterocycles. The van der Waals surface area contributed by atoms with E-state index in [9.17, 15) is 24.0 Å². The van der Waals surface area contributed by atoms with Crippen LogP contribution >= 0.6 is 0 Å². The second-order valence-corrected chi connectivity index (χ2v) is 33.2. The molecule has 3 N–H and O–H groups in total. The molecule has 26 nitrogen and oxygen atoms in total. The summed E-state index contributed by atoms with van der Waals surface area (Å²) in [5.74, 6) is -6.48. The first-order valence-electron chi connectivity index (χ1n) is 39.3. The van der Waals surface area contributed by atoms with Gasteiger partial charge in [-0.2, -0.15) is 0 Å². The highest BCUT2D eigenvalue weighted by Gasteiger charge is 2.59. The second-order valence-electron chi connectivity index (χ2n) is 33.2. The third-order valence-electron chi connectivity index (χ3n) is 24.8. The number of carbonyl (C=O) groups is 12. The fourth-order valence-corrected chi connectivity index (χ4v) is 18.2. The molecule has 3 saturated heterocycles. The van der Waals surface area contributed by atoms with Gasteiger partial charge in [0.25, 0.3) is 0 Å². The highest BCUT2D eigenvalue weighted by molar-refractivity contribution is 6.01. The van der Waals surface area contributed by atoms with Crippen LogP contribution < -0.4 is 16.0 Å². The van der Waals surface area contributed by atoms with E-state index in [1.165, 1.54) is 95.6 Å². The first-order chi connectivity index (χ1) is 49.1. The van der Waals surface area contributed by atoms with E-state index < -0.39 is 168 Å². The molecule has 12 amide bonds. The maximum atomic E-state index is 15.8. The monoisotopic (exact) mass is 1460 g/mol. The Labute approximate surface area is 620 Å². The quantitative estimate of drug-likeness (QED) is 0.176. The summed E-state index contributed by atoms with van der Waals surface area (Å²) in [6.45, 7) is 17.8. The lowest BCUT2D eigenvalue weighted by Crippen LogP contribution is -2.71. The molecule has 7 rings (SSSR count). The van der Waals surface area contributed by atoms with E-state index >= 15 is 33.6 Å². The number of hydrogen-bond acceptors (Lipinski definition) is 14. The largest absolute Gasteiger partial charge is 0.377 e. The van der Waals surface area contributed by atoms with E-state index in [1.807, 2.05) is 60.6 Å². The van der Waals surface area contributed by atoms with Crippen LogP contribution in [0.1, 0.15) is 204 Å². The summed E-state index contributed by atoms with van der Waals surface area (Å²) in [6, 6.07) is -9.02. The molecule has 0 radical (unpaired) electrons. The van der Waals surface area contributed by atoms with Crippen molar-refractivity contribution >= 4 is 70.9 Å². The summed E-state index contributed by atoms with van der Waals surface area (Å²) in [5.41, 5.74) is -2.03. The number of likely N-dealkylation sites (N-methyl/N-ethyl adjacent to an activating group) is 7. The molecule has 4 aliphatic heterocycles. The zero-order chi connectivity index (χ0) is 77.0. The molecule has 0 aromatic carbocycles. The van der Waals surface area contributed by atoms with E-state index in [1.54, 1.807) is 11.8 Å². The molecule has 6 fully saturated rings. The molecule has 3 unspecified atom stereocenters. The molecular formula is C78H131N13O13. The molecule has 2 bridgehead atoms. The molecule has 1 spiro atoms. The number of amides is 12. The average Bonchev–Trinajstić information content (AvgIpc) is 0.824. The van der Waals surface area contributed by atoms with E-state index in [0.717, 1.165) is 57.9 Å². The average molecular weight is 1460 g/mol. The lowest BCUT2D eigenvalue weighted by atomic mass is 9.58. The van der Waals surface area contributed by atoms with E-state index in [0.29, 0.717) is 62.8 Å². The van der Waals surface area contributed by atoms with Gasteiger partial charge in [0.15, 0.2) is 0 Å². The van der Waals surface area contributed by atoms with Crippen LogP contribution in [-0.2, 0) is 62.3 Å². The number of rotatable bonds is 15. The van der Waals surface area contributed by atoms with Crippen LogP contribution in [0, 0.1) is 40.9 Å². The minimum absolute atomic E-state index is 0.00496. The van der Waals surface area contributed by atoms with Gasteiger partial charge in [0, 0.05) is 88.5 Å². The Morgan fingerprint density at radius 1 is 0.635 bits per heavy atom. The summed E-state index contributed by atoms with van der Waals surface area (Å²) in [5, 5.41) is 9.18. The van der Waals surface area contributed by atoms with Crippen LogP contribution in [0.15, 0.2) is 12.2 Å². The predicted molar refractivity (Wildman–Crippen MR) is 397 cm³/mol. The lowest BCUT2D eigenvalue weighted by molar-refractivity contribution is -0.161. The molecule has 0 aromatic rings. The van der Waals surface area contributed by atoms with E-state index in [-0.39, 0.29) is 70.1 Å². The number of ether oxygens (including phenoxy) is 1. The number of hydrogen-bond donors (Lipinski definition) is 3. The Kier molecular flexibility index (Phi) is 30.3. The standard InChI is InChI=1S/C78H131N13O13/c1-19-27-57-68(95)80-66(50(7)20-2)74(101)85(14)46-65(94)87(16)58-28-25-24-26-38-90(73(58)100)62(41-51-31-29-49(6)30-32-51)72(99)84(13)45-63(92)79-56(36-34-52-33-35-54-37-39-83(12)59(54)40-52)70(97)91-44-55(104-23-5)42-60(91)69(96)81-78(47-77(8,9)48-78)76(103)89(18)67(53(21-3)22-4)75(102)88(17)61(71(98)82(10)11)43-64(93)86(57)15/h24-25,49-62,66-67H,19-23,26-48H2,1-18H3,(H,79,92)(H,80,95)(H,81,96)/b25-24-/t49?,50-,51?,52?,54?,55+,56-,57-,58-,59?,60-,61-,62-,66-,67-/m0/s1. The van der Waals surface area contributed by atoms with Crippen molar-refractivity contribution in [1.29, 1.82) is 0 Å². The van der Waals surface area contributed by atoms with Gasteiger partial charge in [0.2, 0.25) is 70.9 Å². The van der Waals surface area contributed by atoms with Gasteiger partial charge in [-0.15, -0.1) is 0 Å². The second kappa shape index (κ2) is 37.2. The van der Waals surface area contributed by atoms with Crippen molar-refractivity contribution in [3.05, 3.63) is 12.2 Å². The van der Waals surface area contributed by atoms with Gasteiger partial charge in [0.1, 0.15) is 53.9 Å². The Balaban J connectivity index is 1.32. The maximum Gasteiger partial charge on any atom is 0.248 e. The van der Waals surface area contributed by atoms with Crippen molar-refractivity contribution in [2.45, 2.75) is 270 Å². The summed E-state index contributed by atoms with van der Waals surface area (Å²) < 4.78 is 6.22. The smallest absolute Gasteiger partial charge is 0.248 e. The van der Waals surface area contributed by atoms with Gasteiger partial charge >= 0.3 is 0 Å². The molecule has 0 aromatic heterocycles. The number of carbonyl (C=O) groups excluding carboxylic acids is 12. The number of likely N-dealkylation sites (tertiary alicyclic amines) is 1. The lowest BCUT2D eigenvalue weighted by Gasteiger charge is -2.54. The maximum absolute atomic E-state index is 15.8. The van der Waals surface area contributed by atoms with Gasteiger partial charge in [-0.3, -0.25) is 57.5 Å². The van der Waals surface area contributed by atoms with E-state index in [4.69, 9.17) is 4.74 Å². The van der Waals surface area contributed by atoms with Gasteiger partial charge < -0.3 is 69.7 Å². The van der Waals surface area contributed by atoms with Crippen molar-refractivity contribution in [2.75, 3.05) is 103 Å². The van der Waals surface area contributed by atoms with Gasteiger partial charge in [-0.25, -0.2) is 0 Å². The van der Waals surface area contributed by atoms with Crippen molar-refractivity contribution in [1.82, 2.24) is 64.9 Å². The normalized spacial score (nSPS) is 32.0. The third kappa shape index (κ3) is 20.1. The molecule has 7 aliphatic rings. The fourth-order valence-electron chi connectivity index (χ4n) is 18.2. The summed E-state index contributed by atoms with van der Waals surface area (Å²) in [4.78, 5) is 197. The fraction of sp³-hybridized carbons (Fsp3) is 0.821. The highest BCUT2D eigenvalue weighted by atomic mass is 16.5. The molecular weight excluding hydrogens is 1330 g/mol. The third-order valence-corrected chi connectivity index (χ3v) is 24.8. The Hall–Kier alpha value is -6.70. The Morgan fingerprint density at radius 2 is 1.29 bits per heavy atom. The zero-order valence-corrected chi connectivity index (χ0v) is 66.5. The summed E-state index contributed by atoms with van der Waals surface area (Å²) >= 11 is 0. The first-order valence-corrected chi connectivity index (χ1v) is 39.3.